The molecule has 0 aliphatic heterocycles. The van der Waals surface area contributed by atoms with Gasteiger partial charge in [-0.3, -0.25) is 4.98 Å². The Balaban J connectivity index is 2.34. The lowest BCUT2D eigenvalue weighted by molar-refractivity contribution is 0.424. The van der Waals surface area contributed by atoms with E-state index in [1.807, 2.05) is 0 Å². The summed E-state index contributed by atoms with van der Waals surface area (Å²) in [6.45, 7) is 0. The molecule has 0 aliphatic rings. The Morgan fingerprint density at radius 1 is 1.47 bits per heavy atom. The summed E-state index contributed by atoms with van der Waals surface area (Å²) in [5, 5.41) is 3.58. The highest BCUT2D eigenvalue weighted by Crippen LogP contribution is 2.22. The monoisotopic (exact) mass is 254 g/mol. The molecule has 0 atom stereocenters. The smallest absolute Gasteiger partial charge is 0.260 e. The highest BCUT2D eigenvalue weighted by atomic mass is 32.2. The molecule has 2 aromatic heterocycles. The Kier molecular flexibility index (Phi) is 2.80. The molecule has 2 rings (SSSR count). The van der Waals surface area contributed by atoms with E-state index in [-0.39, 0.29) is 17.5 Å². The number of nitrogens with zero attached hydrogens (tertiary/aromatic N) is 3. The molecule has 0 saturated heterocycles. The van der Waals surface area contributed by atoms with Crippen LogP contribution in [-0.4, -0.2) is 29.8 Å². The van der Waals surface area contributed by atoms with Crippen molar-refractivity contribution in [3.05, 3.63) is 24.3 Å². The van der Waals surface area contributed by atoms with Crippen LogP contribution in [0.3, 0.4) is 0 Å². The Bertz CT molecular complexity index is 635. The molecule has 0 amide bonds. The van der Waals surface area contributed by atoms with Crippen molar-refractivity contribution in [2.75, 3.05) is 12.0 Å². The average molecular weight is 254 g/mol. The van der Waals surface area contributed by atoms with E-state index in [9.17, 15) is 8.42 Å². The molecule has 7 nitrogen and oxygen atoms in total. The SMILES string of the molecule is CS(=O)(=O)Cc1noc(-c2ccncc2N)n1. The Morgan fingerprint density at radius 2 is 2.24 bits per heavy atom. The lowest BCUT2D eigenvalue weighted by Gasteiger charge is -1.97. The van der Waals surface area contributed by atoms with Gasteiger partial charge in [-0.15, -0.1) is 0 Å². The summed E-state index contributed by atoms with van der Waals surface area (Å²) in [4.78, 5) is 7.79. The quantitative estimate of drug-likeness (QED) is 0.835. The van der Waals surface area contributed by atoms with Gasteiger partial charge < -0.3 is 10.3 Å². The zero-order valence-corrected chi connectivity index (χ0v) is 9.81. The molecule has 0 aromatic carbocycles. The van der Waals surface area contributed by atoms with Crippen molar-refractivity contribution >= 4 is 15.5 Å². The van der Waals surface area contributed by atoms with Crippen LogP contribution in [0.25, 0.3) is 11.5 Å². The molecule has 0 unspecified atom stereocenters. The molecule has 2 heterocycles. The van der Waals surface area contributed by atoms with Crippen LogP contribution < -0.4 is 5.73 Å². The van der Waals surface area contributed by atoms with E-state index in [1.54, 1.807) is 6.07 Å². The van der Waals surface area contributed by atoms with Crippen LogP contribution in [0.15, 0.2) is 23.0 Å². The minimum atomic E-state index is -3.18. The predicted octanol–water partition coefficient (Wildman–Crippen LogP) is 0.258. The number of rotatable bonds is 3. The zero-order chi connectivity index (χ0) is 12.5. The number of anilines is 1. The molecule has 8 heteroatoms. The second-order valence-corrected chi connectivity index (χ2v) is 5.69. The van der Waals surface area contributed by atoms with E-state index in [2.05, 4.69) is 15.1 Å². The largest absolute Gasteiger partial charge is 0.397 e. The lowest BCUT2D eigenvalue weighted by Crippen LogP contribution is -2.02. The number of nitrogen functional groups attached to an aromatic ring is 1. The Morgan fingerprint density at radius 3 is 2.88 bits per heavy atom. The molecule has 0 bridgehead atoms. The first-order chi connectivity index (χ1) is 7.96. The van der Waals surface area contributed by atoms with Gasteiger partial charge in [-0.1, -0.05) is 5.16 Å². The number of pyridine rings is 1. The minimum absolute atomic E-state index is 0.110. The molecule has 0 radical (unpaired) electrons. The maximum absolute atomic E-state index is 11.1. The summed E-state index contributed by atoms with van der Waals surface area (Å²) in [7, 11) is -3.18. The van der Waals surface area contributed by atoms with Crippen LogP contribution in [-0.2, 0) is 15.6 Å². The van der Waals surface area contributed by atoms with Crippen molar-refractivity contribution in [3.8, 4) is 11.5 Å². The summed E-state index contributed by atoms with van der Waals surface area (Å²) in [5.74, 6) is 0.0313. The Labute approximate surface area is 97.6 Å². The number of aromatic nitrogens is 3. The number of nitrogens with two attached hydrogens (primary N) is 1. The van der Waals surface area contributed by atoms with Crippen molar-refractivity contribution in [2.45, 2.75) is 5.75 Å². The molecular weight excluding hydrogens is 244 g/mol. The molecule has 2 N–H and O–H groups in total. The topological polar surface area (TPSA) is 112 Å². The first kappa shape index (κ1) is 11.5. The maximum Gasteiger partial charge on any atom is 0.260 e. The van der Waals surface area contributed by atoms with E-state index in [1.165, 1.54) is 12.4 Å². The van der Waals surface area contributed by atoms with E-state index in [4.69, 9.17) is 10.3 Å². The van der Waals surface area contributed by atoms with Crippen molar-refractivity contribution in [1.82, 2.24) is 15.1 Å². The van der Waals surface area contributed by atoms with Gasteiger partial charge in [0.05, 0.1) is 17.4 Å². The van der Waals surface area contributed by atoms with E-state index in [0.29, 0.717) is 11.3 Å². The highest BCUT2D eigenvalue weighted by Gasteiger charge is 2.14. The van der Waals surface area contributed by atoms with Crippen LogP contribution >= 0.6 is 0 Å². The molecular formula is C9H10N4O3S. The van der Waals surface area contributed by atoms with Gasteiger partial charge in [0.1, 0.15) is 5.75 Å². The third-order valence-electron chi connectivity index (χ3n) is 1.94. The third-order valence-corrected chi connectivity index (χ3v) is 2.72. The second-order valence-electron chi connectivity index (χ2n) is 3.55. The second kappa shape index (κ2) is 4.13. The van der Waals surface area contributed by atoms with Crippen LogP contribution in [0, 0.1) is 0 Å². The molecule has 0 saturated carbocycles. The maximum atomic E-state index is 11.1. The van der Waals surface area contributed by atoms with E-state index < -0.39 is 9.84 Å². The van der Waals surface area contributed by atoms with Crippen LogP contribution in [0.5, 0.6) is 0 Å². The fourth-order valence-corrected chi connectivity index (χ4v) is 1.84. The number of hydrogen-bond acceptors (Lipinski definition) is 7. The van der Waals surface area contributed by atoms with Gasteiger partial charge in [-0.25, -0.2) is 8.42 Å². The van der Waals surface area contributed by atoms with Gasteiger partial charge in [0.15, 0.2) is 15.7 Å². The first-order valence-corrected chi connectivity index (χ1v) is 6.72. The van der Waals surface area contributed by atoms with Crippen LogP contribution in [0.2, 0.25) is 0 Å². The van der Waals surface area contributed by atoms with Gasteiger partial charge in [0.25, 0.3) is 5.89 Å². The van der Waals surface area contributed by atoms with Crippen molar-refractivity contribution in [3.63, 3.8) is 0 Å². The highest BCUT2D eigenvalue weighted by molar-refractivity contribution is 7.89. The van der Waals surface area contributed by atoms with Gasteiger partial charge >= 0.3 is 0 Å². The van der Waals surface area contributed by atoms with Crippen molar-refractivity contribution in [1.29, 1.82) is 0 Å². The molecule has 2 aromatic rings. The Hall–Kier alpha value is -1.96. The standard InChI is InChI=1S/C9H10N4O3S/c1-17(14,15)5-8-12-9(16-13-8)6-2-3-11-4-7(6)10/h2-4H,5,10H2,1H3. The van der Waals surface area contributed by atoms with Crippen molar-refractivity contribution < 1.29 is 12.9 Å². The van der Waals surface area contributed by atoms with Gasteiger partial charge in [-0.2, -0.15) is 4.98 Å². The van der Waals surface area contributed by atoms with Gasteiger partial charge in [0, 0.05) is 12.5 Å². The minimum Gasteiger partial charge on any atom is -0.397 e. The summed E-state index contributed by atoms with van der Waals surface area (Å²) < 4.78 is 27.1. The fourth-order valence-electron chi connectivity index (χ4n) is 1.26. The van der Waals surface area contributed by atoms with Crippen molar-refractivity contribution in [2.24, 2.45) is 0 Å². The van der Waals surface area contributed by atoms with Crippen LogP contribution in [0.1, 0.15) is 5.82 Å². The average Bonchev–Trinajstić information content (AvgIpc) is 2.64. The van der Waals surface area contributed by atoms with E-state index in [0.717, 1.165) is 6.26 Å². The summed E-state index contributed by atoms with van der Waals surface area (Å²) in [5.41, 5.74) is 6.61. The van der Waals surface area contributed by atoms with Crippen LogP contribution in [0.4, 0.5) is 5.69 Å². The summed E-state index contributed by atoms with van der Waals surface area (Å²) >= 11 is 0. The molecule has 0 fully saturated rings. The fraction of sp³-hybridized carbons (Fsp3) is 0.222. The summed E-state index contributed by atoms with van der Waals surface area (Å²) in [6, 6.07) is 1.62. The molecule has 17 heavy (non-hydrogen) atoms. The summed E-state index contributed by atoms with van der Waals surface area (Å²) in [6.07, 6.45) is 4.09. The number of hydrogen-bond donors (Lipinski definition) is 1. The van der Waals surface area contributed by atoms with Gasteiger partial charge in [-0.05, 0) is 6.07 Å². The molecule has 0 aliphatic carbocycles. The molecule has 90 valence electrons. The lowest BCUT2D eigenvalue weighted by atomic mass is 10.2. The zero-order valence-electron chi connectivity index (χ0n) is 8.99. The normalized spacial score (nSPS) is 11.6. The third kappa shape index (κ3) is 2.78. The predicted molar refractivity (Wildman–Crippen MR) is 60.5 cm³/mol. The first-order valence-electron chi connectivity index (χ1n) is 4.66. The number of sulfone groups is 1. The van der Waals surface area contributed by atoms with E-state index >= 15 is 0 Å². The van der Waals surface area contributed by atoms with Gasteiger partial charge in [0.2, 0.25) is 0 Å². The molecule has 0 spiro atoms.